The predicted octanol–water partition coefficient (Wildman–Crippen LogP) is 4.00. The maximum atomic E-state index is 11.9. The Bertz CT molecular complexity index is 269. The van der Waals surface area contributed by atoms with Crippen LogP contribution in [0, 0.1) is 17.3 Å². The number of hydrogen-bond donors (Lipinski definition) is 0. The van der Waals surface area contributed by atoms with Crippen LogP contribution in [0.4, 0.5) is 13.2 Å². The number of rotatable bonds is 5. The first-order chi connectivity index (χ1) is 7.95. The minimum Gasteiger partial charge on any atom is -0.372 e. The first-order valence-corrected chi connectivity index (χ1v) is 6.69. The average molecular weight is 271 g/mol. The van der Waals surface area contributed by atoms with E-state index in [4.69, 9.17) is 16.3 Å². The summed E-state index contributed by atoms with van der Waals surface area (Å²) in [4.78, 5) is 0. The summed E-state index contributed by atoms with van der Waals surface area (Å²) >= 11 is 6.05. The number of alkyl halides is 4. The number of fused-ring (bicyclic) bond motifs is 2. The van der Waals surface area contributed by atoms with Crippen LogP contribution in [-0.2, 0) is 4.74 Å². The molecular weight excluding hydrogens is 253 g/mol. The smallest absolute Gasteiger partial charge is 0.372 e. The number of hydrogen-bond acceptors (Lipinski definition) is 1. The Balaban J connectivity index is 1.77. The molecule has 0 heterocycles. The van der Waals surface area contributed by atoms with Gasteiger partial charge in [0.15, 0.2) is 0 Å². The van der Waals surface area contributed by atoms with Crippen LogP contribution in [0.25, 0.3) is 0 Å². The molecule has 100 valence electrons. The fraction of sp³-hybridized carbons (Fsp3) is 1.00. The Hall–Kier alpha value is 0.0400. The minimum atomic E-state index is -4.22. The van der Waals surface area contributed by atoms with Crippen LogP contribution >= 0.6 is 11.6 Å². The molecule has 0 saturated heterocycles. The van der Waals surface area contributed by atoms with Gasteiger partial charge >= 0.3 is 6.18 Å². The van der Waals surface area contributed by atoms with E-state index in [1.807, 2.05) is 0 Å². The van der Waals surface area contributed by atoms with Gasteiger partial charge in [-0.25, -0.2) is 0 Å². The third-order valence-corrected chi connectivity index (χ3v) is 4.91. The second-order valence-corrected chi connectivity index (χ2v) is 5.76. The molecule has 2 bridgehead atoms. The highest BCUT2D eigenvalue weighted by molar-refractivity contribution is 6.18. The van der Waals surface area contributed by atoms with Crippen LogP contribution in [0.15, 0.2) is 0 Å². The fourth-order valence-electron chi connectivity index (χ4n) is 3.56. The van der Waals surface area contributed by atoms with Crippen LogP contribution in [0.1, 0.15) is 32.1 Å². The van der Waals surface area contributed by atoms with E-state index in [0.29, 0.717) is 18.2 Å². The summed E-state index contributed by atoms with van der Waals surface area (Å²) in [7, 11) is 0. The molecule has 0 spiro atoms. The van der Waals surface area contributed by atoms with Gasteiger partial charge < -0.3 is 4.74 Å². The molecule has 0 N–H and O–H groups in total. The van der Waals surface area contributed by atoms with E-state index in [1.54, 1.807) is 0 Å². The van der Waals surface area contributed by atoms with Crippen molar-refractivity contribution in [2.75, 3.05) is 19.1 Å². The standard InChI is InChI=1S/C12H18ClF3O/c13-7-11(3-4-17-8-12(14,15)16)6-9-1-2-10(11)5-9/h9-10H,1-8H2. The second-order valence-electron chi connectivity index (χ2n) is 5.49. The molecule has 0 aromatic carbocycles. The maximum absolute atomic E-state index is 11.9. The zero-order chi connectivity index (χ0) is 12.5. The van der Waals surface area contributed by atoms with Gasteiger partial charge in [-0.1, -0.05) is 6.42 Å². The summed E-state index contributed by atoms with van der Waals surface area (Å²) in [6.07, 6.45) is 1.21. The van der Waals surface area contributed by atoms with Crippen molar-refractivity contribution in [3.05, 3.63) is 0 Å². The summed E-state index contributed by atoms with van der Waals surface area (Å²) in [5.74, 6) is 1.92. The average Bonchev–Trinajstić information content (AvgIpc) is 2.83. The molecule has 17 heavy (non-hydrogen) atoms. The molecule has 5 heteroatoms. The molecule has 2 aliphatic rings. The summed E-state index contributed by atoms with van der Waals surface area (Å²) in [5.41, 5.74) is 0.0517. The third-order valence-electron chi connectivity index (χ3n) is 4.38. The van der Waals surface area contributed by atoms with E-state index >= 15 is 0 Å². The molecule has 0 amide bonds. The van der Waals surface area contributed by atoms with Crippen molar-refractivity contribution in [2.45, 2.75) is 38.3 Å². The first kappa shape index (κ1) is 13.5. The normalized spacial score (nSPS) is 36.7. The van der Waals surface area contributed by atoms with E-state index in [1.165, 1.54) is 19.3 Å². The zero-order valence-electron chi connectivity index (χ0n) is 9.73. The molecule has 0 radical (unpaired) electrons. The van der Waals surface area contributed by atoms with Crippen LogP contribution in [0.5, 0.6) is 0 Å². The Labute approximate surface area is 105 Å². The lowest BCUT2D eigenvalue weighted by Gasteiger charge is -2.36. The molecule has 2 aliphatic carbocycles. The van der Waals surface area contributed by atoms with E-state index in [2.05, 4.69) is 0 Å². The van der Waals surface area contributed by atoms with E-state index < -0.39 is 12.8 Å². The van der Waals surface area contributed by atoms with Gasteiger partial charge in [0.05, 0.1) is 0 Å². The minimum absolute atomic E-state index is 0.0517. The van der Waals surface area contributed by atoms with Crippen molar-refractivity contribution in [1.82, 2.24) is 0 Å². The summed E-state index contributed by atoms with van der Waals surface area (Å²) in [6, 6.07) is 0. The summed E-state index contributed by atoms with van der Waals surface area (Å²) < 4.78 is 40.5. The molecule has 0 aromatic heterocycles. The Morgan fingerprint density at radius 1 is 1.29 bits per heavy atom. The molecule has 3 atom stereocenters. The van der Waals surface area contributed by atoms with E-state index in [0.717, 1.165) is 12.3 Å². The highest BCUT2D eigenvalue weighted by Gasteiger charge is 2.49. The quantitative estimate of drug-likeness (QED) is 0.542. The van der Waals surface area contributed by atoms with Gasteiger partial charge in [0.25, 0.3) is 0 Å². The van der Waals surface area contributed by atoms with Gasteiger partial charge in [-0.15, -0.1) is 11.6 Å². The van der Waals surface area contributed by atoms with Crippen LogP contribution in [0.3, 0.4) is 0 Å². The van der Waals surface area contributed by atoms with Crippen molar-refractivity contribution in [2.24, 2.45) is 17.3 Å². The SMILES string of the molecule is FC(F)(F)COCCC1(CCl)CC2CCC1C2. The molecule has 2 rings (SSSR count). The molecule has 0 aliphatic heterocycles. The molecular formula is C12H18ClF3O. The van der Waals surface area contributed by atoms with Crippen molar-refractivity contribution >= 4 is 11.6 Å². The Kier molecular flexibility index (Phi) is 3.93. The van der Waals surface area contributed by atoms with Gasteiger partial charge in [-0.3, -0.25) is 0 Å². The van der Waals surface area contributed by atoms with Gasteiger partial charge in [0, 0.05) is 12.5 Å². The van der Waals surface area contributed by atoms with Gasteiger partial charge in [-0.05, 0) is 42.9 Å². The van der Waals surface area contributed by atoms with Crippen molar-refractivity contribution in [3.8, 4) is 0 Å². The Morgan fingerprint density at radius 3 is 2.53 bits per heavy atom. The van der Waals surface area contributed by atoms with E-state index in [9.17, 15) is 13.2 Å². The van der Waals surface area contributed by atoms with E-state index in [-0.39, 0.29) is 12.0 Å². The monoisotopic (exact) mass is 270 g/mol. The third kappa shape index (κ3) is 3.08. The molecule has 2 saturated carbocycles. The predicted molar refractivity (Wildman–Crippen MR) is 60.1 cm³/mol. The van der Waals surface area contributed by atoms with Crippen LogP contribution in [0.2, 0.25) is 0 Å². The van der Waals surface area contributed by atoms with Crippen molar-refractivity contribution in [3.63, 3.8) is 0 Å². The van der Waals surface area contributed by atoms with Crippen molar-refractivity contribution < 1.29 is 17.9 Å². The van der Waals surface area contributed by atoms with Crippen molar-refractivity contribution in [1.29, 1.82) is 0 Å². The highest BCUT2D eigenvalue weighted by Crippen LogP contribution is 2.58. The molecule has 2 fully saturated rings. The topological polar surface area (TPSA) is 9.23 Å². The lowest BCUT2D eigenvalue weighted by Crippen LogP contribution is -2.31. The van der Waals surface area contributed by atoms with Crippen LogP contribution < -0.4 is 0 Å². The largest absolute Gasteiger partial charge is 0.411 e. The van der Waals surface area contributed by atoms with Gasteiger partial charge in [0.1, 0.15) is 6.61 Å². The molecule has 3 unspecified atom stereocenters. The lowest BCUT2D eigenvalue weighted by molar-refractivity contribution is -0.175. The van der Waals surface area contributed by atoms with Gasteiger partial charge in [-0.2, -0.15) is 13.2 Å². The fourth-order valence-corrected chi connectivity index (χ4v) is 4.02. The second kappa shape index (κ2) is 4.96. The zero-order valence-corrected chi connectivity index (χ0v) is 10.5. The number of halogens is 4. The molecule has 1 nitrogen and oxygen atoms in total. The van der Waals surface area contributed by atoms with Crippen LogP contribution in [-0.4, -0.2) is 25.3 Å². The highest BCUT2D eigenvalue weighted by atomic mass is 35.5. The summed E-state index contributed by atoms with van der Waals surface area (Å²) in [5, 5.41) is 0. The maximum Gasteiger partial charge on any atom is 0.411 e. The Morgan fingerprint density at radius 2 is 2.06 bits per heavy atom. The number of ether oxygens (including phenoxy) is 1. The van der Waals surface area contributed by atoms with Gasteiger partial charge in [0.2, 0.25) is 0 Å². The first-order valence-electron chi connectivity index (χ1n) is 6.16. The molecule has 0 aromatic rings. The summed E-state index contributed by atoms with van der Waals surface area (Å²) in [6.45, 7) is -0.963. The lowest BCUT2D eigenvalue weighted by atomic mass is 9.72.